The second-order valence-electron chi connectivity index (χ2n) is 5.72. The number of oxime groups is 1. The first kappa shape index (κ1) is 13.8. The summed E-state index contributed by atoms with van der Waals surface area (Å²) in [6.07, 6.45) is 1.26. The number of nitrogens with two attached hydrogens (primary N) is 1. The van der Waals surface area contributed by atoms with E-state index in [1.807, 2.05) is 25.1 Å². The van der Waals surface area contributed by atoms with Crippen LogP contribution >= 0.6 is 0 Å². The Bertz CT molecular complexity index is 819. The average molecular weight is 312 g/mol. The second kappa shape index (κ2) is 5.12. The molecule has 0 saturated heterocycles. The fourth-order valence-corrected chi connectivity index (χ4v) is 3.40. The molecule has 1 aromatic carbocycles. The second-order valence-corrected chi connectivity index (χ2v) is 5.72. The van der Waals surface area contributed by atoms with Gasteiger partial charge in [0.05, 0.1) is 17.1 Å². The van der Waals surface area contributed by atoms with Crippen molar-refractivity contribution in [3.63, 3.8) is 0 Å². The molecule has 7 heteroatoms. The Morgan fingerprint density at radius 2 is 2.13 bits per heavy atom. The third-order valence-electron chi connectivity index (χ3n) is 4.34. The first-order valence-corrected chi connectivity index (χ1v) is 7.40. The summed E-state index contributed by atoms with van der Waals surface area (Å²) in [5.41, 5.74) is 9.71. The zero-order chi connectivity index (χ0) is 16.0. The Morgan fingerprint density at radius 3 is 2.96 bits per heavy atom. The van der Waals surface area contributed by atoms with Crippen molar-refractivity contribution in [2.45, 2.75) is 25.7 Å². The monoisotopic (exact) mass is 312 g/mol. The Balaban J connectivity index is 1.81. The molecule has 1 aliphatic carbocycles. The van der Waals surface area contributed by atoms with Gasteiger partial charge in [-0.1, -0.05) is 17.3 Å². The summed E-state index contributed by atoms with van der Waals surface area (Å²) in [4.78, 5) is 8.52. The van der Waals surface area contributed by atoms with Crippen molar-refractivity contribution in [1.82, 2.24) is 9.97 Å². The number of anilines is 1. The minimum Gasteiger partial charge on any atom is -0.454 e. The molecular formula is C16H16N4O3. The third-order valence-corrected chi connectivity index (χ3v) is 4.34. The molecule has 4 rings (SSSR count). The van der Waals surface area contributed by atoms with Gasteiger partial charge in [-0.15, -0.1) is 0 Å². The van der Waals surface area contributed by atoms with Crippen molar-refractivity contribution in [1.29, 1.82) is 0 Å². The molecule has 1 aliphatic heterocycles. The molecule has 0 amide bonds. The lowest BCUT2D eigenvalue weighted by atomic mass is 9.80. The van der Waals surface area contributed by atoms with E-state index < -0.39 is 0 Å². The van der Waals surface area contributed by atoms with Crippen LogP contribution in [0.5, 0.6) is 11.5 Å². The van der Waals surface area contributed by atoms with Crippen LogP contribution in [0.4, 0.5) is 5.95 Å². The van der Waals surface area contributed by atoms with Gasteiger partial charge in [0.2, 0.25) is 12.7 Å². The molecule has 0 radical (unpaired) electrons. The molecule has 7 nitrogen and oxygen atoms in total. The van der Waals surface area contributed by atoms with Crippen molar-refractivity contribution in [2.75, 3.05) is 12.5 Å². The van der Waals surface area contributed by atoms with Gasteiger partial charge < -0.3 is 20.4 Å². The highest BCUT2D eigenvalue weighted by Crippen LogP contribution is 2.43. The summed E-state index contributed by atoms with van der Waals surface area (Å²) in [6.45, 7) is 2.07. The Kier molecular flexibility index (Phi) is 3.07. The topological polar surface area (TPSA) is 103 Å². The number of hydrogen-bond acceptors (Lipinski definition) is 7. The summed E-state index contributed by atoms with van der Waals surface area (Å²) in [6, 6.07) is 5.83. The maximum atomic E-state index is 9.43. The van der Waals surface area contributed by atoms with E-state index in [0.29, 0.717) is 18.6 Å². The van der Waals surface area contributed by atoms with E-state index in [-0.39, 0.29) is 18.7 Å². The molecule has 0 spiro atoms. The molecule has 3 N–H and O–H groups in total. The summed E-state index contributed by atoms with van der Waals surface area (Å²) < 4.78 is 11.0. The summed E-state index contributed by atoms with van der Waals surface area (Å²) in [5, 5.41) is 12.9. The lowest BCUT2D eigenvalue weighted by molar-refractivity contribution is 0.173. The SMILES string of the molecule is Cc1nc(N)nc2c1/C(=N/O)CC(c1cccc3c1OCO3)C2. The van der Waals surface area contributed by atoms with Crippen LogP contribution in [0.15, 0.2) is 23.4 Å². The molecule has 2 aliphatic rings. The Morgan fingerprint density at radius 1 is 1.26 bits per heavy atom. The third kappa shape index (κ3) is 2.16. The largest absolute Gasteiger partial charge is 0.454 e. The zero-order valence-corrected chi connectivity index (χ0v) is 12.6. The molecule has 2 heterocycles. The molecule has 2 aromatic rings. The number of aryl methyl sites for hydroxylation is 1. The smallest absolute Gasteiger partial charge is 0.231 e. The van der Waals surface area contributed by atoms with E-state index in [0.717, 1.165) is 34.0 Å². The molecule has 1 aromatic heterocycles. The highest BCUT2D eigenvalue weighted by atomic mass is 16.7. The van der Waals surface area contributed by atoms with Crippen LogP contribution in [-0.2, 0) is 6.42 Å². The van der Waals surface area contributed by atoms with Crippen LogP contribution in [0.1, 0.15) is 34.9 Å². The summed E-state index contributed by atoms with van der Waals surface area (Å²) in [7, 11) is 0. The van der Waals surface area contributed by atoms with Gasteiger partial charge in [0.15, 0.2) is 11.5 Å². The number of hydrogen-bond donors (Lipinski definition) is 2. The van der Waals surface area contributed by atoms with Crippen molar-refractivity contribution in [3.8, 4) is 11.5 Å². The van der Waals surface area contributed by atoms with Gasteiger partial charge in [0.25, 0.3) is 0 Å². The number of rotatable bonds is 1. The number of para-hydroxylation sites is 1. The van der Waals surface area contributed by atoms with E-state index in [1.165, 1.54) is 0 Å². The van der Waals surface area contributed by atoms with Crippen LogP contribution in [0.3, 0.4) is 0 Å². The van der Waals surface area contributed by atoms with Crippen molar-refractivity contribution < 1.29 is 14.7 Å². The quantitative estimate of drug-likeness (QED) is 0.616. The van der Waals surface area contributed by atoms with Crippen LogP contribution < -0.4 is 15.2 Å². The fourth-order valence-electron chi connectivity index (χ4n) is 3.40. The van der Waals surface area contributed by atoms with Crippen molar-refractivity contribution in [2.24, 2.45) is 5.16 Å². The highest BCUT2D eigenvalue weighted by Gasteiger charge is 2.32. The maximum Gasteiger partial charge on any atom is 0.231 e. The molecule has 0 bridgehead atoms. The van der Waals surface area contributed by atoms with Gasteiger partial charge in [0, 0.05) is 17.5 Å². The molecule has 23 heavy (non-hydrogen) atoms. The van der Waals surface area contributed by atoms with E-state index in [4.69, 9.17) is 15.2 Å². The van der Waals surface area contributed by atoms with Crippen molar-refractivity contribution >= 4 is 11.7 Å². The average Bonchev–Trinajstić information content (AvgIpc) is 3.01. The van der Waals surface area contributed by atoms with E-state index >= 15 is 0 Å². The predicted molar refractivity (Wildman–Crippen MR) is 83.1 cm³/mol. The van der Waals surface area contributed by atoms with Gasteiger partial charge in [-0.3, -0.25) is 0 Å². The minimum atomic E-state index is 0.0822. The molecule has 0 fully saturated rings. The molecule has 1 unspecified atom stereocenters. The van der Waals surface area contributed by atoms with Crippen LogP contribution in [0, 0.1) is 6.92 Å². The predicted octanol–water partition coefficient (Wildman–Crippen LogP) is 2.00. The van der Waals surface area contributed by atoms with E-state index in [1.54, 1.807) is 0 Å². The van der Waals surface area contributed by atoms with Crippen molar-refractivity contribution in [3.05, 3.63) is 40.7 Å². The molecular weight excluding hydrogens is 296 g/mol. The normalized spacial score (nSPS) is 20.6. The van der Waals surface area contributed by atoms with E-state index in [9.17, 15) is 5.21 Å². The molecule has 118 valence electrons. The lowest BCUT2D eigenvalue weighted by Gasteiger charge is -2.26. The van der Waals surface area contributed by atoms with Gasteiger partial charge in [-0.2, -0.15) is 0 Å². The summed E-state index contributed by atoms with van der Waals surface area (Å²) >= 11 is 0. The Labute approximate surface area is 132 Å². The minimum absolute atomic E-state index is 0.0822. The van der Waals surface area contributed by atoms with Crippen LogP contribution in [-0.4, -0.2) is 27.7 Å². The van der Waals surface area contributed by atoms with Crippen LogP contribution in [0.2, 0.25) is 0 Å². The number of aromatic nitrogens is 2. The van der Waals surface area contributed by atoms with Gasteiger partial charge in [-0.05, 0) is 25.3 Å². The first-order valence-electron chi connectivity index (χ1n) is 7.40. The number of benzene rings is 1. The number of ether oxygens (including phenoxy) is 2. The lowest BCUT2D eigenvalue weighted by Crippen LogP contribution is -2.23. The van der Waals surface area contributed by atoms with E-state index in [2.05, 4.69) is 15.1 Å². The molecule has 1 atom stereocenters. The highest BCUT2D eigenvalue weighted by molar-refractivity contribution is 6.03. The summed E-state index contributed by atoms with van der Waals surface area (Å²) in [5.74, 6) is 1.82. The maximum absolute atomic E-state index is 9.43. The zero-order valence-electron chi connectivity index (χ0n) is 12.6. The number of fused-ring (bicyclic) bond motifs is 2. The van der Waals surface area contributed by atoms with Gasteiger partial charge in [-0.25, -0.2) is 9.97 Å². The van der Waals surface area contributed by atoms with Crippen LogP contribution in [0.25, 0.3) is 0 Å². The first-order chi connectivity index (χ1) is 11.2. The molecule has 0 saturated carbocycles. The fraction of sp³-hybridized carbons (Fsp3) is 0.312. The number of nitrogens with zero attached hydrogens (tertiary/aromatic N) is 3. The van der Waals surface area contributed by atoms with Gasteiger partial charge in [0.1, 0.15) is 0 Å². The van der Waals surface area contributed by atoms with Gasteiger partial charge >= 0.3 is 0 Å². The standard InChI is InChI=1S/C16H16N4O3/c1-8-14-11(19-16(17)18-8)5-9(6-12(14)20-21)10-3-2-4-13-15(10)23-7-22-13/h2-4,9,21H,5-7H2,1H3,(H2,17,18,19)/b20-12+. The number of nitrogen functional groups attached to an aromatic ring is 1. The Hall–Kier alpha value is -2.83.